The van der Waals surface area contributed by atoms with Crippen molar-refractivity contribution >= 4 is 16.7 Å². The number of aliphatic imine (C=N–C) groups is 1. The molecule has 7 rings (SSSR count). The molecule has 200 valence electrons. The average molecular weight is 529 g/mol. The molecule has 40 heavy (non-hydrogen) atoms. The van der Waals surface area contributed by atoms with Gasteiger partial charge in [0.15, 0.2) is 0 Å². The van der Waals surface area contributed by atoms with Gasteiger partial charge in [-0.05, 0) is 71.9 Å². The normalized spacial score (nSPS) is 14.9. The number of aromatic amines is 1. The summed E-state index contributed by atoms with van der Waals surface area (Å²) in [6, 6.07) is 21.5. The molecule has 2 aromatic heterocycles. The molecule has 1 N–H and O–H groups in total. The van der Waals surface area contributed by atoms with Gasteiger partial charge in [0.05, 0.1) is 23.3 Å². The Morgan fingerprint density at radius 2 is 1.82 bits per heavy atom. The fourth-order valence-electron chi connectivity index (χ4n) is 5.92. The zero-order chi connectivity index (χ0) is 27.1. The van der Waals surface area contributed by atoms with E-state index in [2.05, 4.69) is 92.5 Å². The molecular weight excluding hydrogens is 496 g/mol. The van der Waals surface area contributed by atoms with Gasteiger partial charge < -0.3 is 9.47 Å². The van der Waals surface area contributed by atoms with Crippen LogP contribution in [0.25, 0.3) is 33.5 Å². The van der Waals surface area contributed by atoms with Crippen molar-refractivity contribution in [3.05, 3.63) is 95.1 Å². The van der Waals surface area contributed by atoms with E-state index in [1.807, 2.05) is 18.2 Å². The molecule has 2 aliphatic rings. The third-order valence-electron chi connectivity index (χ3n) is 7.92. The number of rotatable bonds is 7. The van der Waals surface area contributed by atoms with Crippen LogP contribution < -0.4 is 0 Å². The number of aryl methyl sites for hydroxylation is 2. The lowest BCUT2D eigenvalue weighted by atomic mass is 9.98. The molecule has 0 spiro atoms. The molecule has 8 heteroatoms. The third kappa shape index (κ3) is 4.39. The Morgan fingerprint density at radius 1 is 0.975 bits per heavy atom. The van der Waals surface area contributed by atoms with E-state index in [0.717, 1.165) is 78.5 Å². The van der Waals surface area contributed by atoms with Crippen LogP contribution in [-0.2, 0) is 13.0 Å². The second kappa shape index (κ2) is 10.2. The molecule has 0 aliphatic carbocycles. The van der Waals surface area contributed by atoms with Gasteiger partial charge in [0.1, 0.15) is 11.6 Å². The van der Waals surface area contributed by atoms with Crippen molar-refractivity contribution in [2.75, 3.05) is 13.1 Å². The number of tetrazole rings is 1. The number of H-pyrrole nitrogens is 1. The van der Waals surface area contributed by atoms with E-state index in [4.69, 9.17) is 9.98 Å². The number of benzene rings is 3. The predicted molar refractivity (Wildman–Crippen MR) is 158 cm³/mol. The first-order valence-electron chi connectivity index (χ1n) is 14.1. The number of allylic oxidation sites excluding steroid dienone is 1. The van der Waals surface area contributed by atoms with Gasteiger partial charge >= 0.3 is 0 Å². The van der Waals surface area contributed by atoms with Crippen LogP contribution in [0.2, 0.25) is 0 Å². The molecule has 4 heterocycles. The van der Waals surface area contributed by atoms with Crippen molar-refractivity contribution in [3.8, 4) is 22.5 Å². The Hall–Kier alpha value is -4.59. The topological polar surface area (TPSA) is 87.9 Å². The first-order valence-corrected chi connectivity index (χ1v) is 14.1. The van der Waals surface area contributed by atoms with Crippen LogP contribution in [0.5, 0.6) is 0 Å². The van der Waals surface area contributed by atoms with E-state index in [1.165, 1.54) is 28.6 Å². The maximum atomic E-state index is 5.12. The summed E-state index contributed by atoms with van der Waals surface area (Å²) in [5.41, 5.74) is 10.3. The number of hydrogen-bond acceptors (Lipinski definition) is 6. The number of nitrogens with zero attached hydrogens (tertiary/aromatic N) is 7. The van der Waals surface area contributed by atoms with Gasteiger partial charge in [-0.1, -0.05) is 55.5 Å². The summed E-state index contributed by atoms with van der Waals surface area (Å²) in [5, 5.41) is 14.7. The number of fused-ring (bicyclic) bond motifs is 2. The van der Waals surface area contributed by atoms with Crippen molar-refractivity contribution < 1.29 is 0 Å². The summed E-state index contributed by atoms with van der Waals surface area (Å²) in [4.78, 5) is 12.5. The monoisotopic (exact) mass is 528 g/mol. The molecule has 0 fully saturated rings. The first kappa shape index (κ1) is 24.5. The number of nitrogens with one attached hydrogen (secondary N) is 1. The van der Waals surface area contributed by atoms with Crippen LogP contribution in [0, 0.1) is 6.92 Å². The zero-order valence-corrected chi connectivity index (χ0v) is 22.9. The minimum Gasteiger partial charge on any atom is -0.351 e. The van der Waals surface area contributed by atoms with Crippen molar-refractivity contribution in [2.24, 2.45) is 4.99 Å². The van der Waals surface area contributed by atoms with Crippen LogP contribution >= 0.6 is 0 Å². The van der Waals surface area contributed by atoms with E-state index in [-0.39, 0.29) is 0 Å². The molecule has 2 aliphatic heterocycles. The van der Waals surface area contributed by atoms with Gasteiger partial charge in [0.2, 0.25) is 5.82 Å². The quantitative estimate of drug-likeness (QED) is 0.283. The summed E-state index contributed by atoms with van der Waals surface area (Å²) in [5.74, 6) is 2.87. The Balaban J connectivity index is 1.24. The van der Waals surface area contributed by atoms with Gasteiger partial charge in [-0.3, -0.25) is 0 Å². The van der Waals surface area contributed by atoms with Gasteiger partial charge in [-0.15, -0.1) is 10.2 Å². The van der Waals surface area contributed by atoms with Gasteiger partial charge in [-0.2, -0.15) is 5.21 Å². The van der Waals surface area contributed by atoms with Crippen LogP contribution in [0.15, 0.2) is 77.6 Å². The summed E-state index contributed by atoms with van der Waals surface area (Å²) < 4.78 is 2.40. The van der Waals surface area contributed by atoms with Crippen molar-refractivity contribution in [2.45, 2.75) is 46.1 Å². The Kier molecular flexibility index (Phi) is 6.23. The fraction of sp³-hybridized carbons (Fsp3) is 0.281. The molecule has 0 unspecified atom stereocenters. The summed E-state index contributed by atoms with van der Waals surface area (Å²) in [7, 11) is 0. The van der Waals surface area contributed by atoms with Gasteiger partial charge in [0.25, 0.3) is 0 Å². The summed E-state index contributed by atoms with van der Waals surface area (Å²) in [6.45, 7) is 7.14. The number of hydrogen-bond donors (Lipinski definition) is 1. The molecule has 0 radical (unpaired) electrons. The lowest BCUT2D eigenvalue weighted by Gasteiger charge is -2.21. The lowest BCUT2D eigenvalue weighted by Crippen LogP contribution is -2.25. The third-order valence-corrected chi connectivity index (χ3v) is 7.92. The van der Waals surface area contributed by atoms with E-state index in [9.17, 15) is 0 Å². The SMILES string of the molecule is CCCc1nc2c(C)cc(C3=NC4=CCCCN4C3)cc2n1Cc1ccc(-c2ccccc2-c2nn[nH]n2)cc1. The van der Waals surface area contributed by atoms with E-state index >= 15 is 0 Å². The molecule has 0 saturated carbocycles. The van der Waals surface area contributed by atoms with E-state index in [1.54, 1.807) is 0 Å². The van der Waals surface area contributed by atoms with E-state index < -0.39 is 0 Å². The predicted octanol–water partition coefficient (Wildman–Crippen LogP) is 5.93. The zero-order valence-electron chi connectivity index (χ0n) is 22.9. The smallest absolute Gasteiger partial charge is 0.205 e. The minimum absolute atomic E-state index is 0.596. The Bertz CT molecular complexity index is 1740. The fourth-order valence-corrected chi connectivity index (χ4v) is 5.92. The van der Waals surface area contributed by atoms with Crippen molar-refractivity contribution in [1.29, 1.82) is 0 Å². The highest BCUT2D eigenvalue weighted by molar-refractivity contribution is 6.06. The van der Waals surface area contributed by atoms with Crippen LogP contribution in [-0.4, -0.2) is 53.9 Å². The Morgan fingerprint density at radius 3 is 2.60 bits per heavy atom. The average Bonchev–Trinajstić information content (AvgIpc) is 3.74. The minimum atomic E-state index is 0.596. The highest BCUT2D eigenvalue weighted by atomic mass is 15.5. The summed E-state index contributed by atoms with van der Waals surface area (Å²) >= 11 is 0. The second-order valence-electron chi connectivity index (χ2n) is 10.7. The first-order chi connectivity index (χ1) is 19.7. The highest BCUT2D eigenvalue weighted by Crippen LogP contribution is 2.31. The molecular formula is C32H32N8. The van der Waals surface area contributed by atoms with Crippen molar-refractivity contribution in [3.63, 3.8) is 0 Å². The molecule has 8 nitrogen and oxygen atoms in total. The number of imidazole rings is 1. The van der Waals surface area contributed by atoms with Gasteiger partial charge in [0, 0.05) is 30.6 Å². The number of aromatic nitrogens is 6. The maximum absolute atomic E-state index is 5.12. The van der Waals surface area contributed by atoms with Crippen molar-refractivity contribution in [1.82, 2.24) is 35.1 Å². The van der Waals surface area contributed by atoms with Crippen LogP contribution in [0.3, 0.4) is 0 Å². The van der Waals surface area contributed by atoms with Gasteiger partial charge in [-0.25, -0.2) is 9.98 Å². The highest BCUT2D eigenvalue weighted by Gasteiger charge is 2.24. The largest absolute Gasteiger partial charge is 0.351 e. The van der Waals surface area contributed by atoms with Crippen LogP contribution in [0.4, 0.5) is 0 Å². The summed E-state index contributed by atoms with van der Waals surface area (Å²) in [6.07, 6.45) is 6.60. The Labute approximate surface area is 233 Å². The molecule has 5 aromatic rings. The molecule has 0 amide bonds. The maximum Gasteiger partial charge on any atom is 0.205 e. The molecule has 0 atom stereocenters. The van der Waals surface area contributed by atoms with E-state index in [0.29, 0.717) is 5.82 Å². The molecule has 0 bridgehead atoms. The lowest BCUT2D eigenvalue weighted by molar-refractivity contribution is 0.377. The standard InChI is InChI=1S/C32H32N8/c1-3-8-30-34-31-21(2)17-24(27-20-39-16-7-6-11-29(39)33-27)18-28(31)40(30)19-22-12-14-23(15-13-22)25-9-4-5-10-26(25)32-35-37-38-36-32/h4-5,9-15,17-18H,3,6-8,16,19-20H2,1-2H3,(H,35,36,37,38). The second-order valence-corrected chi connectivity index (χ2v) is 10.7. The molecule has 0 saturated heterocycles. The molecule has 3 aromatic carbocycles. The van der Waals surface area contributed by atoms with Crippen LogP contribution in [0.1, 0.15) is 48.7 Å².